The summed E-state index contributed by atoms with van der Waals surface area (Å²) >= 11 is 0. The van der Waals surface area contributed by atoms with Gasteiger partial charge in [0.25, 0.3) is 0 Å². The highest BCUT2D eigenvalue weighted by molar-refractivity contribution is 5.44. The predicted molar refractivity (Wildman–Crippen MR) is 62.0 cm³/mol. The number of rotatable bonds is 2. The van der Waals surface area contributed by atoms with Gasteiger partial charge < -0.3 is 10.1 Å². The van der Waals surface area contributed by atoms with Crippen molar-refractivity contribution in [2.24, 2.45) is 0 Å². The molecule has 0 saturated carbocycles. The van der Waals surface area contributed by atoms with Gasteiger partial charge in [0.1, 0.15) is 5.65 Å². The second-order valence-electron chi connectivity index (χ2n) is 4.15. The van der Waals surface area contributed by atoms with E-state index in [-0.39, 0.29) is 0 Å². The van der Waals surface area contributed by atoms with Crippen LogP contribution >= 0.6 is 0 Å². The molecule has 1 aliphatic heterocycles. The average molecular weight is 217 g/mol. The maximum atomic E-state index is 5.31. The number of pyridine rings is 1. The Morgan fingerprint density at radius 3 is 3.19 bits per heavy atom. The molecule has 2 aromatic rings. The van der Waals surface area contributed by atoms with E-state index in [1.807, 2.05) is 22.6 Å². The fourth-order valence-corrected chi connectivity index (χ4v) is 2.27. The molecule has 4 nitrogen and oxygen atoms in total. The highest BCUT2D eigenvalue weighted by Crippen LogP contribution is 2.24. The topological polar surface area (TPSA) is 38.6 Å². The van der Waals surface area contributed by atoms with E-state index in [4.69, 9.17) is 4.74 Å². The second kappa shape index (κ2) is 3.79. The monoisotopic (exact) mass is 217 g/mol. The Balaban J connectivity index is 2.07. The van der Waals surface area contributed by atoms with Crippen molar-refractivity contribution in [1.82, 2.24) is 14.7 Å². The minimum Gasteiger partial charge on any atom is -0.482 e. The average Bonchev–Trinajstić information content (AvgIpc) is 2.96. The molecule has 1 atom stereocenters. The lowest BCUT2D eigenvalue weighted by Crippen LogP contribution is -2.08. The Labute approximate surface area is 94.3 Å². The van der Waals surface area contributed by atoms with Crippen LogP contribution in [0.4, 0.5) is 0 Å². The van der Waals surface area contributed by atoms with E-state index in [2.05, 4.69) is 16.5 Å². The van der Waals surface area contributed by atoms with Gasteiger partial charge in [0, 0.05) is 18.7 Å². The summed E-state index contributed by atoms with van der Waals surface area (Å²) in [5, 5.41) is 3.36. The SMILES string of the molecule is COc1cccc2nc(C3CCNC3)cn12. The molecule has 2 aromatic heterocycles. The van der Waals surface area contributed by atoms with Gasteiger partial charge in [0.15, 0.2) is 5.88 Å². The highest BCUT2D eigenvalue weighted by atomic mass is 16.5. The molecule has 3 rings (SSSR count). The molecule has 84 valence electrons. The Morgan fingerprint density at radius 2 is 2.44 bits per heavy atom. The van der Waals surface area contributed by atoms with Crippen molar-refractivity contribution < 1.29 is 4.74 Å². The van der Waals surface area contributed by atoms with Crippen LogP contribution in [0.2, 0.25) is 0 Å². The van der Waals surface area contributed by atoms with Crippen LogP contribution in [0, 0.1) is 0 Å². The van der Waals surface area contributed by atoms with Gasteiger partial charge in [0.2, 0.25) is 0 Å². The molecule has 0 amide bonds. The molecule has 0 bridgehead atoms. The molecule has 1 saturated heterocycles. The quantitative estimate of drug-likeness (QED) is 0.826. The van der Waals surface area contributed by atoms with Gasteiger partial charge in [-0.1, -0.05) is 6.07 Å². The maximum absolute atomic E-state index is 5.31. The zero-order valence-electron chi connectivity index (χ0n) is 9.31. The summed E-state index contributed by atoms with van der Waals surface area (Å²) < 4.78 is 7.32. The summed E-state index contributed by atoms with van der Waals surface area (Å²) in [7, 11) is 1.69. The first-order chi connectivity index (χ1) is 7.88. The fourth-order valence-electron chi connectivity index (χ4n) is 2.27. The van der Waals surface area contributed by atoms with E-state index in [0.29, 0.717) is 5.92 Å². The lowest BCUT2D eigenvalue weighted by atomic mass is 10.1. The standard InChI is InChI=1S/C12H15N3O/c1-16-12-4-2-3-11-14-10(8-15(11)12)9-5-6-13-7-9/h2-4,8-9,13H,5-7H2,1H3. The third kappa shape index (κ3) is 1.46. The molecule has 1 fully saturated rings. The summed E-state index contributed by atoms with van der Waals surface area (Å²) in [5.41, 5.74) is 2.12. The summed E-state index contributed by atoms with van der Waals surface area (Å²) in [6.07, 6.45) is 3.26. The lowest BCUT2D eigenvalue weighted by Gasteiger charge is -2.02. The van der Waals surface area contributed by atoms with Gasteiger partial charge in [-0.3, -0.25) is 4.40 Å². The number of hydrogen-bond donors (Lipinski definition) is 1. The number of hydrogen-bond acceptors (Lipinski definition) is 3. The lowest BCUT2D eigenvalue weighted by molar-refractivity contribution is 0.392. The number of ether oxygens (including phenoxy) is 1. The molecule has 0 radical (unpaired) electrons. The van der Waals surface area contributed by atoms with Crippen molar-refractivity contribution in [2.75, 3.05) is 20.2 Å². The zero-order chi connectivity index (χ0) is 11.0. The van der Waals surface area contributed by atoms with E-state index in [1.54, 1.807) is 7.11 Å². The van der Waals surface area contributed by atoms with E-state index in [0.717, 1.165) is 30.3 Å². The first kappa shape index (κ1) is 9.66. The predicted octanol–water partition coefficient (Wildman–Crippen LogP) is 1.42. The number of nitrogens with one attached hydrogen (secondary N) is 1. The highest BCUT2D eigenvalue weighted by Gasteiger charge is 2.19. The number of imidazole rings is 1. The molecule has 4 heteroatoms. The molecule has 1 unspecified atom stereocenters. The molecular formula is C12H15N3O. The van der Waals surface area contributed by atoms with Crippen LogP contribution in [0.25, 0.3) is 5.65 Å². The third-order valence-electron chi connectivity index (χ3n) is 3.16. The van der Waals surface area contributed by atoms with Crippen LogP contribution in [-0.2, 0) is 0 Å². The number of fused-ring (bicyclic) bond motifs is 1. The van der Waals surface area contributed by atoms with Crippen molar-refractivity contribution in [3.8, 4) is 5.88 Å². The molecule has 1 N–H and O–H groups in total. The maximum Gasteiger partial charge on any atom is 0.198 e. The van der Waals surface area contributed by atoms with Gasteiger partial charge >= 0.3 is 0 Å². The Bertz CT molecular complexity index is 500. The summed E-state index contributed by atoms with van der Waals surface area (Å²) in [4.78, 5) is 4.65. The van der Waals surface area contributed by atoms with Crippen LogP contribution in [-0.4, -0.2) is 29.6 Å². The minimum absolute atomic E-state index is 0.546. The summed E-state index contributed by atoms with van der Waals surface area (Å²) in [6, 6.07) is 5.93. The van der Waals surface area contributed by atoms with Crippen LogP contribution in [0.3, 0.4) is 0 Å². The Kier molecular flexibility index (Phi) is 2.29. The molecule has 3 heterocycles. The summed E-state index contributed by atoms with van der Waals surface area (Å²) in [5.74, 6) is 1.38. The van der Waals surface area contributed by atoms with Gasteiger partial charge in [-0.05, 0) is 25.1 Å². The van der Waals surface area contributed by atoms with Crippen LogP contribution in [0.15, 0.2) is 24.4 Å². The van der Waals surface area contributed by atoms with Gasteiger partial charge in [0.05, 0.1) is 12.8 Å². The van der Waals surface area contributed by atoms with E-state index >= 15 is 0 Å². The first-order valence-corrected chi connectivity index (χ1v) is 5.61. The summed E-state index contributed by atoms with van der Waals surface area (Å²) in [6.45, 7) is 2.13. The molecular weight excluding hydrogens is 202 g/mol. The zero-order valence-corrected chi connectivity index (χ0v) is 9.31. The molecule has 16 heavy (non-hydrogen) atoms. The molecule has 0 aliphatic carbocycles. The van der Waals surface area contributed by atoms with Crippen LogP contribution < -0.4 is 10.1 Å². The largest absolute Gasteiger partial charge is 0.482 e. The van der Waals surface area contributed by atoms with Gasteiger partial charge in [-0.25, -0.2) is 4.98 Å². The van der Waals surface area contributed by atoms with E-state index in [9.17, 15) is 0 Å². The van der Waals surface area contributed by atoms with Crippen LogP contribution in [0.5, 0.6) is 5.88 Å². The normalized spacial score (nSPS) is 20.4. The van der Waals surface area contributed by atoms with Crippen molar-refractivity contribution in [1.29, 1.82) is 0 Å². The molecule has 0 aromatic carbocycles. The Morgan fingerprint density at radius 1 is 1.50 bits per heavy atom. The first-order valence-electron chi connectivity index (χ1n) is 5.61. The molecule has 0 spiro atoms. The fraction of sp³-hybridized carbons (Fsp3) is 0.417. The van der Waals surface area contributed by atoms with Crippen molar-refractivity contribution in [3.05, 3.63) is 30.1 Å². The van der Waals surface area contributed by atoms with E-state index < -0.39 is 0 Å². The third-order valence-corrected chi connectivity index (χ3v) is 3.16. The van der Waals surface area contributed by atoms with Crippen molar-refractivity contribution >= 4 is 5.65 Å². The smallest absolute Gasteiger partial charge is 0.198 e. The number of nitrogens with zero attached hydrogens (tertiary/aromatic N) is 2. The Hall–Kier alpha value is -1.55. The van der Waals surface area contributed by atoms with Crippen molar-refractivity contribution in [3.63, 3.8) is 0 Å². The van der Waals surface area contributed by atoms with Crippen molar-refractivity contribution in [2.45, 2.75) is 12.3 Å². The van der Waals surface area contributed by atoms with Gasteiger partial charge in [-0.15, -0.1) is 0 Å². The minimum atomic E-state index is 0.546. The molecule has 1 aliphatic rings. The number of methoxy groups -OCH3 is 1. The van der Waals surface area contributed by atoms with Crippen LogP contribution in [0.1, 0.15) is 18.0 Å². The number of aromatic nitrogens is 2. The van der Waals surface area contributed by atoms with E-state index in [1.165, 1.54) is 6.42 Å². The van der Waals surface area contributed by atoms with Gasteiger partial charge in [-0.2, -0.15) is 0 Å². The second-order valence-corrected chi connectivity index (χ2v) is 4.15.